The minimum absolute atomic E-state index is 1.25. The highest BCUT2D eigenvalue weighted by Gasteiger charge is 2.09. The van der Waals surface area contributed by atoms with Crippen LogP contribution in [-0.4, -0.2) is 0 Å². The van der Waals surface area contributed by atoms with Crippen LogP contribution in [0.2, 0.25) is 0 Å². The van der Waals surface area contributed by atoms with Gasteiger partial charge in [0.15, 0.2) is 0 Å². The van der Waals surface area contributed by atoms with E-state index in [4.69, 9.17) is 0 Å². The fourth-order valence-electron chi connectivity index (χ4n) is 5.82. The fraction of sp³-hybridized carbons (Fsp3) is 0.488. The van der Waals surface area contributed by atoms with Gasteiger partial charge in [-0.2, -0.15) is 0 Å². The number of unbranched alkanes of at least 4 members (excludes halogenated alkanes) is 12. The van der Waals surface area contributed by atoms with E-state index in [1.165, 1.54) is 146 Å². The molecule has 0 aliphatic heterocycles. The van der Waals surface area contributed by atoms with Crippen LogP contribution in [0, 0.1) is 20.8 Å². The summed E-state index contributed by atoms with van der Waals surface area (Å²) in [5.41, 5.74) is 0. The van der Waals surface area contributed by atoms with E-state index in [1.807, 2.05) is 56.7 Å². The molecule has 0 nitrogen and oxygen atoms in total. The van der Waals surface area contributed by atoms with Gasteiger partial charge in [0.25, 0.3) is 0 Å². The molecule has 6 aromatic rings. The van der Waals surface area contributed by atoms with Crippen molar-refractivity contribution in [2.45, 2.75) is 137 Å². The minimum Gasteiger partial charge on any atom is -0.149 e. The van der Waals surface area contributed by atoms with E-state index in [-0.39, 0.29) is 0 Å². The highest BCUT2D eigenvalue weighted by atomic mass is 32.1. The van der Waals surface area contributed by atoms with Gasteiger partial charge in [-0.3, -0.25) is 0 Å². The maximum atomic E-state index is 2.42. The molecule has 0 spiro atoms. The van der Waals surface area contributed by atoms with E-state index < -0.39 is 0 Å². The monoisotopic (exact) mass is 766 g/mol. The largest absolute Gasteiger partial charge is 0.149 e. The van der Waals surface area contributed by atoms with Crippen molar-refractivity contribution < 1.29 is 0 Å². The predicted octanol–water partition coefficient (Wildman–Crippen LogP) is 17.4. The molecule has 6 rings (SSSR count). The number of hydrogen-bond acceptors (Lipinski definition) is 6. The molecule has 0 radical (unpaired) electrons. The van der Waals surface area contributed by atoms with Crippen LogP contribution in [-0.2, 0) is 12.8 Å². The van der Waals surface area contributed by atoms with Gasteiger partial charge in [-0.1, -0.05) is 97.0 Å². The van der Waals surface area contributed by atoms with Crippen LogP contribution >= 0.6 is 68.0 Å². The Morgan fingerprint density at radius 3 is 1.47 bits per heavy atom. The Labute approximate surface area is 322 Å². The predicted molar refractivity (Wildman–Crippen MR) is 233 cm³/mol. The number of rotatable bonds is 18. The van der Waals surface area contributed by atoms with Gasteiger partial charge in [0.05, 0.1) is 0 Å². The van der Waals surface area contributed by atoms with Gasteiger partial charge in [0.2, 0.25) is 0 Å². The van der Waals surface area contributed by atoms with E-state index in [0.717, 1.165) is 0 Å². The first-order chi connectivity index (χ1) is 23.9. The Morgan fingerprint density at radius 2 is 0.939 bits per heavy atom. The quantitative estimate of drug-likeness (QED) is 0.0764. The van der Waals surface area contributed by atoms with Gasteiger partial charge < -0.3 is 0 Å². The molecule has 0 atom stereocenters. The van der Waals surface area contributed by atoms with Crippen LogP contribution < -0.4 is 0 Å². The molecule has 0 bridgehead atoms. The van der Waals surface area contributed by atoms with Gasteiger partial charge >= 0.3 is 0 Å². The summed E-state index contributed by atoms with van der Waals surface area (Å²) in [6.07, 6.45) is 22.1. The standard InChI is InChI=1S/C21H26S3.C17H26S2.C5H6S/c1-3-4-5-6-7-8-9-17-11-13-19(23-17)21-15-14-20(24-21)18-12-10-16(2)22-18;1-3-4-5-6-7-8-9-10-11-15-13-17-16(19-15)12-14(2)18-17;1-5-3-2-4-6-5/h10-15H,3-9H2,1-2H3;12-13H,3-11H2,1-2H3;2-4H,1H3. The zero-order chi connectivity index (χ0) is 34.7. The molecule has 266 valence electrons. The maximum absolute atomic E-state index is 2.42. The molecule has 0 aromatic carbocycles. The summed E-state index contributed by atoms with van der Waals surface area (Å²) in [6, 6.07) is 22.6. The molecule has 0 saturated heterocycles. The van der Waals surface area contributed by atoms with Crippen LogP contribution in [0.3, 0.4) is 0 Å². The first-order valence-electron chi connectivity index (χ1n) is 18.7. The lowest BCUT2D eigenvalue weighted by Gasteiger charge is -2.00. The van der Waals surface area contributed by atoms with Gasteiger partial charge in [0, 0.05) is 53.3 Å². The van der Waals surface area contributed by atoms with Gasteiger partial charge in [-0.05, 0) is 106 Å². The van der Waals surface area contributed by atoms with Crippen LogP contribution in [0.1, 0.15) is 128 Å². The molecule has 0 saturated carbocycles. The van der Waals surface area contributed by atoms with Crippen molar-refractivity contribution in [3.63, 3.8) is 0 Å². The van der Waals surface area contributed by atoms with Gasteiger partial charge in [0.1, 0.15) is 0 Å². The SMILES string of the molecule is CCCCCCCCCCc1cc2sc(C)cc2s1.CCCCCCCCc1ccc(-c2ccc(-c3ccc(C)s3)s2)s1.Cc1cccs1. The Hall–Kier alpha value is -1.54. The van der Waals surface area contributed by atoms with Crippen LogP contribution in [0.15, 0.2) is 66.0 Å². The number of aryl methyl sites for hydroxylation is 5. The average Bonchev–Trinajstić information content (AvgIpc) is 3.93. The molecule has 0 amide bonds. The first-order valence-corrected chi connectivity index (χ1v) is 23.7. The Morgan fingerprint density at radius 1 is 0.408 bits per heavy atom. The lowest BCUT2D eigenvalue weighted by Crippen LogP contribution is -1.83. The van der Waals surface area contributed by atoms with Crippen molar-refractivity contribution >= 4 is 77.4 Å². The first kappa shape index (κ1) is 40.2. The van der Waals surface area contributed by atoms with Crippen molar-refractivity contribution in [3.05, 3.63) is 90.4 Å². The van der Waals surface area contributed by atoms with E-state index in [9.17, 15) is 0 Å². The minimum atomic E-state index is 1.25. The zero-order valence-corrected chi connectivity index (χ0v) is 35.5. The summed E-state index contributed by atoms with van der Waals surface area (Å²) in [6.45, 7) is 11.0. The van der Waals surface area contributed by atoms with E-state index >= 15 is 0 Å². The van der Waals surface area contributed by atoms with Crippen molar-refractivity contribution in [1.29, 1.82) is 0 Å². The lowest BCUT2D eigenvalue weighted by molar-refractivity contribution is 0.576. The Kier molecular flexibility index (Phi) is 19.0. The van der Waals surface area contributed by atoms with Crippen molar-refractivity contribution in [1.82, 2.24) is 0 Å². The molecule has 6 heterocycles. The molecule has 0 fully saturated rings. The summed E-state index contributed by atoms with van der Waals surface area (Å²) in [5, 5.41) is 2.08. The number of fused-ring (bicyclic) bond motifs is 1. The van der Waals surface area contributed by atoms with Gasteiger partial charge in [-0.15, -0.1) is 68.0 Å². The zero-order valence-electron chi connectivity index (χ0n) is 30.6. The summed E-state index contributed by atoms with van der Waals surface area (Å²) in [4.78, 5) is 13.0. The molecule has 0 N–H and O–H groups in total. The average molecular weight is 767 g/mol. The second kappa shape index (κ2) is 23.1. The summed E-state index contributed by atoms with van der Waals surface area (Å²) < 4.78 is 2.99. The highest BCUT2D eigenvalue weighted by molar-refractivity contribution is 7.28. The van der Waals surface area contributed by atoms with Crippen LogP contribution in [0.5, 0.6) is 0 Å². The van der Waals surface area contributed by atoms with E-state index in [1.54, 1.807) is 21.1 Å². The third kappa shape index (κ3) is 14.9. The molecule has 0 aliphatic rings. The molecular weight excluding hydrogens is 709 g/mol. The number of hydrogen-bond donors (Lipinski definition) is 0. The van der Waals surface area contributed by atoms with E-state index in [2.05, 4.69) is 101 Å². The summed E-state index contributed by atoms with van der Waals surface area (Å²) >= 11 is 11.5. The highest BCUT2D eigenvalue weighted by Crippen LogP contribution is 2.40. The van der Waals surface area contributed by atoms with Gasteiger partial charge in [-0.25, -0.2) is 0 Å². The fourth-order valence-corrected chi connectivity index (χ4v) is 11.8. The lowest BCUT2D eigenvalue weighted by atomic mass is 10.1. The smallest absolute Gasteiger partial charge is 0.0456 e. The topological polar surface area (TPSA) is 0 Å². The Balaban J connectivity index is 0.000000192. The number of thiophene rings is 6. The maximum Gasteiger partial charge on any atom is 0.0456 e. The third-order valence-corrected chi connectivity index (χ3v) is 15.3. The summed E-state index contributed by atoms with van der Waals surface area (Å²) in [7, 11) is 0. The Bertz CT molecular complexity index is 1650. The molecule has 6 aromatic heterocycles. The molecule has 6 heteroatoms. The molecule has 49 heavy (non-hydrogen) atoms. The second-order valence-corrected chi connectivity index (χ2v) is 20.3. The molecular formula is C43H58S6. The molecule has 0 unspecified atom stereocenters. The molecule has 0 aliphatic carbocycles. The van der Waals surface area contributed by atoms with Crippen molar-refractivity contribution in [2.75, 3.05) is 0 Å². The van der Waals surface area contributed by atoms with Crippen LogP contribution in [0.25, 0.3) is 28.9 Å². The van der Waals surface area contributed by atoms with Crippen molar-refractivity contribution in [3.8, 4) is 19.5 Å². The summed E-state index contributed by atoms with van der Waals surface area (Å²) in [5.74, 6) is 0. The second-order valence-electron chi connectivity index (χ2n) is 13.1. The third-order valence-electron chi connectivity index (χ3n) is 8.59. The van der Waals surface area contributed by atoms with Crippen LogP contribution in [0.4, 0.5) is 0 Å². The van der Waals surface area contributed by atoms with Crippen molar-refractivity contribution in [2.24, 2.45) is 0 Å². The normalized spacial score (nSPS) is 11.0. The van der Waals surface area contributed by atoms with E-state index in [0.29, 0.717) is 0 Å².